The lowest BCUT2D eigenvalue weighted by Crippen LogP contribution is -2.47. The molecule has 0 aromatic heterocycles. The molecular formula is C18H30N2O. The van der Waals surface area contributed by atoms with Gasteiger partial charge in [0.25, 0.3) is 0 Å². The molecule has 1 aromatic carbocycles. The summed E-state index contributed by atoms with van der Waals surface area (Å²) in [7, 11) is 1.84. The molecule has 1 unspecified atom stereocenters. The van der Waals surface area contributed by atoms with E-state index in [-0.39, 0.29) is 5.60 Å². The molecule has 0 spiro atoms. The van der Waals surface area contributed by atoms with Gasteiger partial charge in [-0.05, 0) is 37.4 Å². The number of methoxy groups -OCH3 is 1. The van der Waals surface area contributed by atoms with Crippen molar-refractivity contribution in [3.8, 4) is 0 Å². The Morgan fingerprint density at radius 1 is 1.29 bits per heavy atom. The minimum absolute atomic E-state index is 0.0172. The van der Waals surface area contributed by atoms with Crippen molar-refractivity contribution in [3.05, 3.63) is 35.4 Å². The number of rotatable bonds is 6. The quantitative estimate of drug-likeness (QED) is 0.871. The Morgan fingerprint density at radius 3 is 2.67 bits per heavy atom. The first-order chi connectivity index (χ1) is 10.0. The zero-order chi connectivity index (χ0) is 15.3. The molecule has 1 aromatic rings. The van der Waals surface area contributed by atoms with Gasteiger partial charge in [0.05, 0.1) is 5.60 Å². The van der Waals surface area contributed by atoms with E-state index in [9.17, 15) is 0 Å². The molecule has 2 rings (SSSR count). The maximum Gasteiger partial charge on any atom is 0.0777 e. The second kappa shape index (κ2) is 7.39. The molecule has 1 atom stereocenters. The predicted octanol–water partition coefficient (Wildman–Crippen LogP) is 3.19. The van der Waals surface area contributed by atoms with Crippen molar-refractivity contribution >= 4 is 0 Å². The van der Waals surface area contributed by atoms with E-state index in [0.717, 1.165) is 26.1 Å². The molecule has 118 valence electrons. The van der Waals surface area contributed by atoms with E-state index in [4.69, 9.17) is 4.74 Å². The minimum Gasteiger partial charge on any atom is -0.377 e. The molecule has 1 aliphatic heterocycles. The summed E-state index contributed by atoms with van der Waals surface area (Å²) in [5.74, 6) is 0. The van der Waals surface area contributed by atoms with Gasteiger partial charge in [0, 0.05) is 32.8 Å². The van der Waals surface area contributed by atoms with Crippen LogP contribution in [0.5, 0.6) is 0 Å². The highest BCUT2D eigenvalue weighted by molar-refractivity contribution is 5.27. The summed E-state index contributed by atoms with van der Waals surface area (Å²) in [5.41, 5.74) is 2.87. The summed E-state index contributed by atoms with van der Waals surface area (Å²) < 4.78 is 5.70. The number of nitrogens with one attached hydrogen (secondary N) is 1. The van der Waals surface area contributed by atoms with Crippen LogP contribution in [-0.2, 0) is 17.8 Å². The summed E-state index contributed by atoms with van der Waals surface area (Å²) >= 11 is 0. The van der Waals surface area contributed by atoms with E-state index in [1.54, 1.807) is 0 Å². The number of piperidine rings is 1. The van der Waals surface area contributed by atoms with Crippen LogP contribution in [0.15, 0.2) is 24.3 Å². The van der Waals surface area contributed by atoms with Crippen LogP contribution in [0.3, 0.4) is 0 Å². The Hall–Kier alpha value is -0.900. The molecule has 0 aliphatic carbocycles. The average molecular weight is 290 g/mol. The van der Waals surface area contributed by atoms with Crippen molar-refractivity contribution in [3.63, 3.8) is 0 Å². The van der Waals surface area contributed by atoms with Gasteiger partial charge in [-0.1, -0.05) is 38.1 Å². The van der Waals surface area contributed by atoms with Gasteiger partial charge in [-0.25, -0.2) is 0 Å². The predicted molar refractivity (Wildman–Crippen MR) is 88.3 cm³/mol. The van der Waals surface area contributed by atoms with Gasteiger partial charge in [-0.15, -0.1) is 0 Å². The second-order valence-corrected chi connectivity index (χ2v) is 6.77. The molecule has 1 N–H and O–H groups in total. The zero-order valence-corrected chi connectivity index (χ0v) is 14.0. The van der Waals surface area contributed by atoms with Crippen LogP contribution in [0.25, 0.3) is 0 Å². The molecule has 21 heavy (non-hydrogen) atoms. The Morgan fingerprint density at radius 2 is 2.00 bits per heavy atom. The van der Waals surface area contributed by atoms with Crippen molar-refractivity contribution in [2.75, 3.05) is 20.2 Å². The summed E-state index contributed by atoms with van der Waals surface area (Å²) in [5, 5.41) is 3.52. The van der Waals surface area contributed by atoms with E-state index >= 15 is 0 Å². The van der Waals surface area contributed by atoms with E-state index in [1.165, 1.54) is 24.1 Å². The van der Waals surface area contributed by atoms with Crippen LogP contribution in [0, 0.1) is 0 Å². The standard InChI is InChI=1S/C18H30N2O/c1-15(2)19-12-16-8-5-6-9-17(16)13-20-11-7-10-18(3,14-20)21-4/h5-6,8-9,15,19H,7,10-14H2,1-4H3. The van der Waals surface area contributed by atoms with Crippen LogP contribution >= 0.6 is 0 Å². The van der Waals surface area contributed by atoms with Gasteiger partial charge in [-0.2, -0.15) is 0 Å². The third-order valence-corrected chi connectivity index (χ3v) is 4.44. The van der Waals surface area contributed by atoms with E-state index in [2.05, 4.69) is 55.3 Å². The molecule has 1 heterocycles. The molecule has 0 amide bonds. The van der Waals surface area contributed by atoms with Gasteiger partial charge in [0.2, 0.25) is 0 Å². The second-order valence-electron chi connectivity index (χ2n) is 6.77. The molecule has 1 saturated heterocycles. The fourth-order valence-electron chi connectivity index (χ4n) is 3.05. The number of hydrogen-bond acceptors (Lipinski definition) is 3. The largest absolute Gasteiger partial charge is 0.377 e. The van der Waals surface area contributed by atoms with Crippen molar-refractivity contribution in [1.29, 1.82) is 0 Å². The lowest BCUT2D eigenvalue weighted by Gasteiger charge is -2.39. The number of benzene rings is 1. The smallest absolute Gasteiger partial charge is 0.0777 e. The number of nitrogens with zero attached hydrogens (tertiary/aromatic N) is 1. The molecule has 0 saturated carbocycles. The van der Waals surface area contributed by atoms with Crippen LogP contribution in [0.2, 0.25) is 0 Å². The topological polar surface area (TPSA) is 24.5 Å². The molecule has 0 radical (unpaired) electrons. The lowest BCUT2D eigenvalue weighted by atomic mass is 9.94. The van der Waals surface area contributed by atoms with Gasteiger partial charge in [0.1, 0.15) is 0 Å². The van der Waals surface area contributed by atoms with Crippen LogP contribution in [0.1, 0.15) is 44.7 Å². The first-order valence-corrected chi connectivity index (χ1v) is 8.10. The van der Waals surface area contributed by atoms with Crippen LogP contribution < -0.4 is 5.32 Å². The number of hydrogen-bond donors (Lipinski definition) is 1. The average Bonchev–Trinajstić information content (AvgIpc) is 2.46. The van der Waals surface area contributed by atoms with Gasteiger partial charge in [-0.3, -0.25) is 4.90 Å². The Bertz CT molecular complexity index is 447. The monoisotopic (exact) mass is 290 g/mol. The summed E-state index contributed by atoms with van der Waals surface area (Å²) in [6.07, 6.45) is 2.38. The number of ether oxygens (including phenoxy) is 1. The number of likely N-dealkylation sites (tertiary alicyclic amines) is 1. The molecule has 1 aliphatic rings. The Labute approximate surface area is 129 Å². The van der Waals surface area contributed by atoms with E-state index < -0.39 is 0 Å². The highest BCUT2D eigenvalue weighted by Crippen LogP contribution is 2.25. The summed E-state index contributed by atoms with van der Waals surface area (Å²) in [6.45, 7) is 10.8. The van der Waals surface area contributed by atoms with Crippen LogP contribution in [-0.4, -0.2) is 36.7 Å². The highest BCUT2D eigenvalue weighted by atomic mass is 16.5. The first kappa shape index (κ1) is 16.5. The maximum atomic E-state index is 5.70. The van der Waals surface area contributed by atoms with Crippen molar-refractivity contribution in [1.82, 2.24) is 10.2 Å². The maximum absolute atomic E-state index is 5.70. The molecule has 3 heteroatoms. The SMILES string of the molecule is COC1(C)CCCN(Cc2ccccc2CNC(C)C)C1. The molecule has 3 nitrogen and oxygen atoms in total. The fraction of sp³-hybridized carbons (Fsp3) is 0.667. The minimum atomic E-state index is 0.0172. The molecule has 0 bridgehead atoms. The van der Waals surface area contributed by atoms with Crippen LogP contribution in [0.4, 0.5) is 0 Å². The third kappa shape index (κ3) is 4.80. The zero-order valence-electron chi connectivity index (χ0n) is 14.0. The normalized spacial score (nSPS) is 23.7. The lowest BCUT2D eigenvalue weighted by molar-refractivity contribution is -0.0527. The Balaban J connectivity index is 2.02. The highest BCUT2D eigenvalue weighted by Gasteiger charge is 2.30. The molecular weight excluding hydrogens is 260 g/mol. The molecule has 1 fully saturated rings. The first-order valence-electron chi connectivity index (χ1n) is 8.10. The van der Waals surface area contributed by atoms with Crippen molar-refractivity contribution in [2.45, 2.75) is 58.3 Å². The third-order valence-electron chi connectivity index (χ3n) is 4.44. The Kier molecular flexibility index (Phi) is 5.80. The van der Waals surface area contributed by atoms with Crippen molar-refractivity contribution in [2.24, 2.45) is 0 Å². The van der Waals surface area contributed by atoms with Gasteiger partial charge >= 0.3 is 0 Å². The summed E-state index contributed by atoms with van der Waals surface area (Å²) in [6, 6.07) is 9.30. The fourth-order valence-corrected chi connectivity index (χ4v) is 3.05. The summed E-state index contributed by atoms with van der Waals surface area (Å²) in [4.78, 5) is 2.53. The van der Waals surface area contributed by atoms with E-state index in [1.807, 2.05) is 7.11 Å². The van der Waals surface area contributed by atoms with E-state index in [0.29, 0.717) is 6.04 Å². The van der Waals surface area contributed by atoms with Gasteiger partial charge < -0.3 is 10.1 Å². The van der Waals surface area contributed by atoms with Crippen molar-refractivity contribution < 1.29 is 4.74 Å². The van der Waals surface area contributed by atoms with Gasteiger partial charge in [0.15, 0.2) is 0 Å².